The van der Waals surface area contributed by atoms with Crippen molar-refractivity contribution in [2.45, 2.75) is 25.8 Å². The predicted octanol–water partition coefficient (Wildman–Crippen LogP) is 4.74. The first kappa shape index (κ1) is 16.1. The van der Waals surface area contributed by atoms with Gasteiger partial charge in [-0.2, -0.15) is 0 Å². The maximum Gasteiger partial charge on any atom is 0.119 e. The maximum absolute atomic E-state index is 5.34. The quantitative estimate of drug-likeness (QED) is 0.780. The van der Waals surface area contributed by atoms with Crippen molar-refractivity contribution >= 4 is 15.9 Å². The molecular formula is C18H22BrNO. The molecule has 0 aliphatic rings. The first-order chi connectivity index (χ1) is 10.2. The van der Waals surface area contributed by atoms with E-state index in [0.717, 1.165) is 29.6 Å². The molecule has 0 aliphatic heterocycles. The largest absolute Gasteiger partial charge is 0.497 e. The second-order valence-electron chi connectivity index (χ2n) is 5.12. The van der Waals surface area contributed by atoms with Crippen LogP contribution in [0.1, 0.15) is 30.5 Å². The summed E-state index contributed by atoms with van der Waals surface area (Å²) >= 11 is 3.54. The van der Waals surface area contributed by atoms with Gasteiger partial charge in [0.2, 0.25) is 0 Å². The van der Waals surface area contributed by atoms with E-state index in [1.807, 2.05) is 6.07 Å². The van der Waals surface area contributed by atoms with Gasteiger partial charge in [0.25, 0.3) is 0 Å². The number of hydrogen-bond donors (Lipinski definition) is 1. The Morgan fingerprint density at radius 3 is 2.67 bits per heavy atom. The van der Waals surface area contributed by atoms with Crippen molar-refractivity contribution in [3.8, 4) is 5.75 Å². The third-order valence-electron chi connectivity index (χ3n) is 3.47. The lowest BCUT2D eigenvalue weighted by atomic mass is 9.98. The average Bonchev–Trinajstić information content (AvgIpc) is 2.51. The van der Waals surface area contributed by atoms with E-state index in [9.17, 15) is 0 Å². The van der Waals surface area contributed by atoms with E-state index in [2.05, 4.69) is 70.6 Å². The fraction of sp³-hybridized carbons (Fsp3) is 0.333. The Hall–Kier alpha value is -1.32. The van der Waals surface area contributed by atoms with Gasteiger partial charge in [0.15, 0.2) is 0 Å². The van der Waals surface area contributed by atoms with Crippen LogP contribution in [0.5, 0.6) is 5.75 Å². The Labute approximate surface area is 135 Å². The Morgan fingerprint density at radius 1 is 1.14 bits per heavy atom. The second-order valence-corrected chi connectivity index (χ2v) is 6.03. The first-order valence-corrected chi connectivity index (χ1v) is 8.14. The number of methoxy groups -OCH3 is 1. The van der Waals surface area contributed by atoms with Gasteiger partial charge in [0.1, 0.15) is 5.75 Å². The highest BCUT2D eigenvalue weighted by atomic mass is 79.9. The van der Waals surface area contributed by atoms with Crippen LogP contribution in [0.4, 0.5) is 0 Å². The van der Waals surface area contributed by atoms with E-state index < -0.39 is 0 Å². The molecule has 2 rings (SSSR count). The normalized spacial score (nSPS) is 12.1. The topological polar surface area (TPSA) is 21.3 Å². The van der Waals surface area contributed by atoms with Crippen LogP contribution in [0, 0.1) is 0 Å². The van der Waals surface area contributed by atoms with Crippen LogP contribution in [0.25, 0.3) is 0 Å². The summed E-state index contributed by atoms with van der Waals surface area (Å²) < 4.78 is 6.47. The molecule has 2 nitrogen and oxygen atoms in total. The lowest BCUT2D eigenvalue weighted by Crippen LogP contribution is -2.24. The minimum absolute atomic E-state index is 0.300. The van der Waals surface area contributed by atoms with Crippen molar-refractivity contribution in [2.75, 3.05) is 13.7 Å². The van der Waals surface area contributed by atoms with Crippen molar-refractivity contribution in [3.05, 3.63) is 64.1 Å². The molecule has 0 aromatic heterocycles. The van der Waals surface area contributed by atoms with E-state index in [-0.39, 0.29) is 0 Å². The summed E-state index contributed by atoms with van der Waals surface area (Å²) in [5.74, 6) is 0.907. The van der Waals surface area contributed by atoms with Gasteiger partial charge in [-0.15, -0.1) is 0 Å². The molecule has 0 fully saturated rings. The van der Waals surface area contributed by atoms with Crippen LogP contribution >= 0.6 is 15.9 Å². The van der Waals surface area contributed by atoms with Crippen molar-refractivity contribution in [1.29, 1.82) is 0 Å². The number of benzene rings is 2. The molecule has 112 valence electrons. The second kappa shape index (κ2) is 8.20. The van der Waals surface area contributed by atoms with E-state index in [0.29, 0.717) is 6.04 Å². The number of halogens is 1. The number of rotatable bonds is 7. The molecule has 1 atom stereocenters. The Balaban J connectivity index is 2.20. The zero-order chi connectivity index (χ0) is 15.1. The molecule has 2 aromatic rings. The molecular weight excluding hydrogens is 326 g/mol. The minimum Gasteiger partial charge on any atom is -0.497 e. The monoisotopic (exact) mass is 347 g/mol. The van der Waals surface area contributed by atoms with Gasteiger partial charge in [-0.05, 0) is 54.8 Å². The zero-order valence-electron chi connectivity index (χ0n) is 12.6. The summed E-state index contributed by atoms with van der Waals surface area (Å²) in [7, 11) is 1.71. The van der Waals surface area contributed by atoms with E-state index in [4.69, 9.17) is 4.74 Å². The van der Waals surface area contributed by atoms with Crippen LogP contribution in [0.15, 0.2) is 53.0 Å². The molecule has 0 aliphatic carbocycles. The average molecular weight is 348 g/mol. The molecule has 0 radical (unpaired) electrons. The summed E-state index contributed by atoms with van der Waals surface area (Å²) in [4.78, 5) is 0. The van der Waals surface area contributed by atoms with Crippen LogP contribution in [0.3, 0.4) is 0 Å². The summed E-state index contributed by atoms with van der Waals surface area (Å²) in [5, 5.41) is 3.63. The van der Waals surface area contributed by atoms with Gasteiger partial charge < -0.3 is 10.1 Å². The van der Waals surface area contributed by atoms with E-state index >= 15 is 0 Å². The first-order valence-electron chi connectivity index (χ1n) is 7.34. The number of hydrogen-bond acceptors (Lipinski definition) is 2. The van der Waals surface area contributed by atoms with Crippen molar-refractivity contribution in [2.24, 2.45) is 0 Å². The van der Waals surface area contributed by atoms with Crippen LogP contribution in [-0.4, -0.2) is 13.7 Å². The van der Waals surface area contributed by atoms with Gasteiger partial charge in [0.05, 0.1) is 7.11 Å². The molecule has 0 saturated carbocycles. The van der Waals surface area contributed by atoms with Gasteiger partial charge in [-0.1, -0.05) is 47.1 Å². The molecule has 0 spiro atoms. The zero-order valence-corrected chi connectivity index (χ0v) is 14.2. The summed E-state index contributed by atoms with van der Waals surface area (Å²) in [6, 6.07) is 17.1. The minimum atomic E-state index is 0.300. The van der Waals surface area contributed by atoms with Gasteiger partial charge >= 0.3 is 0 Å². The number of nitrogens with one attached hydrogen (secondary N) is 1. The Bertz CT molecular complexity index is 571. The van der Waals surface area contributed by atoms with Crippen molar-refractivity contribution in [1.82, 2.24) is 5.32 Å². The Morgan fingerprint density at radius 2 is 1.95 bits per heavy atom. The highest BCUT2D eigenvalue weighted by Crippen LogP contribution is 2.23. The van der Waals surface area contributed by atoms with Crippen molar-refractivity contribution < 1.29 is 4.74 Å². The van der Waals surface area contributed by atoms with Crippen LogP contribution in [-0.2, 0) is 6.42 Å². The van der Waals surface area contributed by atoms with Gasteiger partial charge in [-0.3, -0.25) is 0 Å². The highest BCUT2D eigenvalue weighted by molar-refractivity contribution is 9.10. The lowest BCUT2D eigenvalue weighted by molar-refractivity contribution is 0.412. The molecule has 0 bridgehead atoms. The van der Waals surface area contributed by atoms with E-state index in [1.54, 1.807) is 7.11 Å². The molecule has 2 aromatic carbocycles. The fourth-order valence-electron chi connectivity index (χ4n) is 2.38. The number of ether oxygens (including phenoxy) is 1. The van der Waals surface area contributed by atoms with Gasteiger partial charge in [-0.25, -0.2) is 0 Å². The maximum atomic E-state index is 5.34. The van der Waals surface area contributed by atoms with E-state index in [1.165, 1.54) is 11.1 Å². The standard InChI is InChI=1S/C18H22BrNO/c1-3-10-20-18(12-14-6-4-8-16(19)11-14)15-7-5-9-17(13-15)21-2/h4-9,11,13,18,20H,3,10,12H2,1-2H3. The molecule has 21 heavy (non-hydrogen) atoms. The summed E-state index contributed by atoms with van der Waals surface area (Å²) in [6.07, 6.45) is 2.09. The SMILES string of the molecule is CCCNC(Cc1cccc(Br)c1)c1cccc(OC)c1. The van der Waals surface area contributed by atoms with Crippen molar-refractivity contribution in [3.63, 3.8) is 0 Å². The molecule has 3 heteroatoms. The highest BCUT2D eigenvalue weighted by Gasteiger charge is 2.12. The molecule has 0 amide bonds. The van der Waals surface area contributed by atoms with Crippen LogP contribution in [0.2, 0.25) is 0 Å². The summed E-state index contributed by atoms with van der Waals surface area (Å²) in [5.41, 5.74) is 2.59. The molecule has 1 unspecified atom stereocenters. The molecule has 0 heterocycles. The third-order valence-corrected chi connectivity index (χ3v) is 3.96. The molecule has 1 N–H and O–H groups in total. The predicted molar refractivity (Wildman–Crippen MR) is 91.9 cm³/mol. The fourth-order valence-corrected chi connectivity index (χ4v) is 2.83. The third kappa shape index (κ3) is 4.87. The van der Waals surface area contributed by atoms with Crippen LogP contribution < -0.4 is 10.1 Å². The molecule has 0 saturated heterocycles. The van der Waals surface area contributed by atoms with Gasteiger partial charge in [0, 0.05) is 10.5 Å². The Kier molecular flexibility index (Phi) is 6.27. The lowest BCUT2D eigenvalue weighted by Gasteiger charge is -2.20. The smallest absolute Gasteiger partial charge is 0.119 e. The summed E-state index contributed by atoms with van der Waals surface area (Å²) in [6.45, 7) is 3.20.